The molecule has 1 saturated heterocycles. The van der Waals surface area contributed by atoms with Crippen LogP contribution in [0.4, 0.5) is 0 Å². The van der Waals surface area contributed by atoms with Crippen LogP contribution < -0.4 is 5.73 Å². The molecule has 31 heavy (non-hydrogen) atoms. The first-order chi connectivity index (χ1) is 15.0. The Morgan fingerprint density at radius 1 is 1.13 bits per heavy atom. The van der Waals surface area contributed by atoms with Gasteiger partial charge in [0.25, 0.3) is 5.91 Å². The average molecular weight is 434 g/mol. The third kappa shape index (κ3) is 4.69. The summed E-state index contributed by atoms with van der Waals surface area (Å²) in [5.41, 5.74) is 8.44. The number of rotatable bonds is 6. The Kier molecular flexibility index (Phi) is 6.47. The maximum Gasteiger partial charge on any atom is 0.257 e. The highest BCUT2D eigenvalue weighted by atomic mass is 32.2. The molecule has 0 aromatic heterocycles. The lowest BCUT2D eigenvalue weighted by atomic mass is 9.96. The van der Waals surface area contributed by atoms with Crippen LogP contribution in [0.3, 0.4) is 0 Å². The first kappa shape index (κ1) is 21.2. The van der Waals surface area contributed by atoms with Crippen molar-refractivity contribution in [3.05, 3.63) is 88.5 Å². The summed E-state index contributed by atoms with van der Waals surface area (Å²) in [7, 11) is 0. The molecular weight excluding hydrogens is 406 g/mol. The zero-order valence-electron chi connectivity index (χ0n) is 17.6. The normalized spacial score (nSPS) is 21.9. The van der Waals surface area contributed by atoms with E-state index in [0.717, 1.165) is 29.7 Å². The largest absolute Gasteiger partial charge is 0.365 e. The molecule has 2 aromatic rings. The molecule has 6 heteroatoms. The van der Waals surface area contributed by atoms with E-state index < -0.39 is 5.91 Å². The van der Waals surface area contributed by atoms with Gasteiger partial charge in [0.2, 0.25) is 5.91 Å². The molecule has 2 N–H and O–H groups in total. The Balaban J connectivity index is 1.56. The Bertz CT molecular complexity index is 1000. The second kappa shape index (κ2) is 9.43. The average Bonchev–Trinajstić information content (AvgIpc) is 3.11. The molecule has 2 aliphatic heterocycles. The molecule has 2 atom stereocenters. The van der Waals surface area contributed by atoms with Gasteiger partial charge in [-0.15, -0.1) is 0 Å². The minimum atomic E-state index is -0.437. The van der Waals surface area contributed by atoms with E-state index in [1.54, 1.807) is 0 Å². The molecule has 1 fully saturated rings. The molecular formula is C25H27N3O2S. The lowest BCUT2D eigenvalue weighted by molar-refractivity contribution is -0.139. The van der Waals surface area contributed by atoms with E-state index in [9.17, 15) is 9.59 Å². The number of carbonyl (C=O) groups excluding carboxylic acids is 2. The van der Waals surface area contributed by atoms with E-state index in [1.165, 1.54) is 11.8 Å². The zero-order chi connectivity index (χ0) is 21.8. The van der Waals surface area contributed by atoms with Crippen LogP contribution in [0.1, 0.15) is 30.9 Å². The minimum Gasteiger partial charge on any atom is -0.365 e. The van der Waals surface area contributed by atoms with Crippen LogP contribution in [0.25, 0.3) is 6.08 Å². The summed E-state index contributed by atoms with van der Waals surface area (Å²) in [6.45, 7) is 3.21. The molecule has 2 unspecified atom stereocenters. The fourth-order valence-electron chi connectivity index (χ4n) is 4.11. The lowest BCUT2D eigenvalue weighted by Gasteiger charge is -2.40. The number of benzene rings is 2. The highest BCUT2D eigenvalue weighted by Crippen LogP contribution is 2.42. The number of primary amides is 1. The Morgan fingerprint density at radius 3 is 2.48 bits per heavy atom. The summed E-state index contributed by atoms with van der Waals surface area (Å²) >= 11 is 1.39. The van der Waals surface area contributed by atoms with Crippen molar-refractivity contribution < 1.29 is 9.59 Å². The van der Waals surface area contributed by atoms with Gasteiger partial charge in [0, 0.05) is 18.8 Å². The maximum atomic E-state index is 13.4. The fraction of sp³-hybridized carbons (Fsp3) is 0.280. The predicted molar refractivity (Wildman–Crippen MR) is 125 cm³/mol. The molecule has 0 saturated carbocycles. The number of piperidine rings is 1. The van der Waals surface area contributed by atoms with Gasteiger partial charge in [-0.1, -0.05) is 84.6 Å². The Hall–Kier alpha value is -2.99. The van der Waals surface area contributed by atoms with Crippen LogP contribution >= 0.6 is 11.8 Å². The molecule has 0 bridgehead atoms. The smallest absolute Gasteiger partial charge is 0.257 e. The third-order valence-corrected chi connectivity index (χ3v) is 7.22. The van der Waals surface area contributed by atoms with Crippen molar-refractivity contribution in [2.75, 3.05) is 6.54 Å². The second-order valence-corrected chi connectivity index (χ2v) is 8.95. The lowest BCUT2D eigenvalue weighted by Crippen LogP contribution is -2.50. The van der Waals surface area contributed by atoms with Gasteiger partial charge in [-0.05, 0) is 30.9 Å². The molecule has 2 amide bonds. The number of thioether (sulfide) groups is 1. The molecule has 2 heterocycles. The third-order valence-electron chi connectivity index (χ3n) is 5.77. The summed E-state index contributed by atoms with van der Waals surface area (Å²) in [5.74, 6) is -0.494. The molecule has 2 aromatic carbocycles. The fourth-order valence-corrected chi connectivity index (χ4v) is 5.42. The van der Waals surface area contributed by atoms with Gasteiger partial charge in [-0.25, -0.2) is 0 Å². The number of hydrogen-bond acceptors (Lipinski definition) is 4. The predicted octanol–water partition coefficient (Wildman–Crippen LogP) is 4.19. The van der Waals surface area contributed by atoms with E-state index >= 15 is 0 Å². The SMILES string of the molecule is CC1=C(C(N)=O)SC(N2CCCC(C=Cc3ccccc3)C2=O)N1Cc1ccccc1. The molecule has 0 spiro atoms. The molecule has 0 aliphatic carbocycles. The summed E-state index contributed by atoms with van der Waals surface area (Å²) in [6, 6.07) is 20.1. The second-order valence-electron chi connectivity index (χ2n) is 7.89. The number of allylic oxidation sites excluding steroid dienone is 1. The molecule has 2 aliphatic rings. The monoisotopic (exact) mass is 433 g/mol. The van der Waals surface area contributed by atoms with Crippen molar-refractivity contribution in [2.24, 2.45) is 11.7 Å². The van der Waals surface area contributed by atoms with Crippen LogP contribution in [-0.4, -0.2) is 33.7 Å². The van der Waals surface area contributed by atoms with Gasteiger partial charge < -0.3 is 15.5 Å². The Labute approximate surface area is 187 Å². The van der Waals surface area contributed by atoms with Crippen LogP contribution in [-0.2, 0) is 16.1 Å². The van der Waals surface area contributed by atoms with Crippen LogP contribution in [0.5, 0.6) is 0 Å². The summed E-state index contributed by atoms with van der Waals surface area (Å²) in [4.78, 5) is 30.0. The number of nitrogens with zero attached hydrogens (tertiary/aromatic N) is 2. The van der Waals surface area contributed by atoms with Gasteiger partial charge in [0.1, 0.15) is 0 Å². The topological polar surface area (TPSA) is 66.6 Å². The number of carbonyl (C=O) groups is 2. The van der Waals surface area contributed by atoms with E-state index in [2.05, 4.69) is 17.0 Å². The number of nitrogens with two attached hydrogens (primary N) is 1. The van der Waals surface area contributed by atoms with Crippen LogP contribution in [0.15, 0.2) is 77.3 Å². The maximum absolute atomic E-state index is 13.4. The van der Waals surface area contributed by atoms with Crippen LogP contribution in [0.2, 0.25) is 0 Å². The quantitative estimate of drug-likeness (QED) is 0.742. The van der Waals surface area contributed by atoms with Crippen molar-refractivity contribution in [3.8, 4) is 0 Å². The number of amides is 2. The Morgan fingerprint density at radius 2 is 1.81 bits per heavy atom. The van der Waals surface area contributed by atoms with Gasteiger partial charge in [-0.3, -0.25) is 9.59 Å². The van der Waals surface area contributed by atoms with Gasteiger partial charge >= 0.3 is 0 Å². The van der Waals surface area contributed by atoms with Crippen LogP contribution in [0, 0.1) is 5.92 Å². The van der Waals surface area contributed by atoms with Crippen molar-refractivity contribution in [2.45, 2.75) is 31.8 Å². The van der Waals surface area contributed by atoms with E-state index in [4.69, 9.17) is 5.73 Å². The van der Waals surface area contributed by atoms with Gasteiger partial charge in [0.05, 0.1) is 10.8 Å². The summed E-state index contributed by atoms with van der Waals surface area (Å²) in [6.07, 6.45) is 5.80. The first-order valence-corrected chi connectivity index (χ1v) is 11.4. The van der Waals surface area contributed by atoms with Gasteiger partial charge in [-0.2, -0.15) is 0 Å². The summed E-state index contributed by atoms with van der Waals surface area (Å²) < 4.78 is 0. The highest BCUT2D eigenvalue weighted by Gasteiger charge is 2.41. The van der Waals surface area contributed by atoms with Crippen molar-refractivity contribution >= 4 is 29.7 Å². The molecule has 5 nitrogen and oxygen atoms in total. The van der Waals surface area contributed by atoms with Crippen molar-refractivity contribution in [1.29, 1.82) is 0 Å². The number of hydrogen-bond donors (Lipinski definition) is 1. The zero-order valence-corrected chi connectivity index (χ0v) is 18.4. The first-order valence-electron chi connectivity index (χ1n) is 10.6. The minimum absolute atomic E-state index is 0.104. The van der Waals surface area contributed by atoms with Crippen molar-refractivity contribution in [1.82, 2.24) is 9.80 Å². The van der Waals surface area contributed by atoms with Gasteiger partial charge in [0.15, 0.2) is 5.50 Å². The van der Waals surface area contributed by atoms with E-state index in [1.807, 2.05) is 72.5 Å². The molecule has 0 radical (unpaired) electrons. The van der Waals surface area contributed by atoms with E-state index in [-0.39, 0.29) is 17.3 Å². The summed E-state index contributed by atoms with van der Waals surface area (Å²) in [5, 5.41) is 0. The van der Waals surface area contributed by atoms with E-state index in [0.29, 0.717) is 18.0 Å². The standard InChI is InChI=1S/C25H27N3O2S/c1-18-22(23(26)29)31-25(28(18)17-20-11-6-3-7-12-20)27-16-8-13-21(24(27)30)15-14-19-9-4-2-5-10-19/h2-7,9-12,14-15,21,25H,8,13,16-17H2,1H3,(H2,26,29). The highest BCUT2D eigenvalue weighted by molar-refractivity contribution is 8.04. The molecule has 4 rings (SSSR count). The molecule has 160 valence electrons. The number of likely N-dealkylation sites (tertiary alicyclic amines) is 1. The van der Waals surface area contributed by atoms with Crippen molar-refractivity contribution in [3.63, 3.8) is 0 Å².